The topological polar surface area (TPSA) is 68.5 Å². The van der Waals surface area contributed by atoms with Gasteiger partial charge in [-0.2, -0.15) is 4.98 Å². The number of carbonyl (C=O) groups is 1. The molecule has 0 radical (unpaired) electrons. The summed E-state index contributed by atoms with van der Waals surface area (Å²) in [5, 5.41) is 4.51. The zero-order valence-corrected chi connectivity index (χ0v) is 14.6. The van der Waals surface area contributed by atoms with Crippen molar-refractivity contribution in [1.29, 1.82) is 0 Å². The molecule has 8 heteroatoms. The molecule has 6 nitrogen and oxygen atoms in total. The van der Waals surface area contributed by atoms with Crippen LogP contribution in [0.25, 0.3) is 11.4 Å². The molecule has 26 heavy (non-hydrogen) atoms. The molecule has 0 saturated carbocycles. The third kappa shape index (κ3) is 4.58. The third-order valence-electron chi connectivity index (χ3n) is 3.54. The number of likely N-dealkylation sites (N-methyl/N-ethyl adjacent to an activating group) is 1. The normalized spacial score (nSPS) is 10.6. The summed E-state index contributed by atoms with van der Waals surface area (Å²) in [5.41, 5.74) is 0.762. The lowest BCUT2D eigenvalue weighted by Gasteiger charge is -2.15. The SMILES string of the molecule is CN(Cc1nc(-c2ccc(Cl)cc2)no1)C(=O)COc1ccc(F)cc1. The molecule has 0 spiro atoms. The number of ether oxygens (including phenoxy) is 1. The number of carbonyl (C=O) groups excluding carboxylic acids is 1. The second-order valence-corrected chi connectivity index (χ2v) is 5.95. The fourth-order valence-corrected chi connectivity index (χ4v) is 2.24. The predicted octanol–water partition coefficient (Wildman–Crippen LogP) is 3.57. The van der Waals surface area contributed by atoms with Gasteiger partial charge >= 0.3 is 0 Å². The van der Waals surface area contributed by atoms with Crippen LogP contribution in [0.3, 0.4) is 0 Å². The molecule has 0 aliphatic carbocycles. The van der Waals surface area contributed by atoms with Gasteiger partial charge in [-0.25, -0.2) is 4.39 Å². The number of hydrogen-bond acceptors (Lipinski definition) is 5. The summed E-state index contributed by atoms with van der Waals surface area (Å²) in [6, 6.07) is 12.5. The number of nitrogens with zero attached hydrogens (tertiary/aromatic N) is 3. The summed E-state index contributed by atoms with van der Waals surface area (Å²) in [4.78, 5) is 17.8. The largest absolute Gasteiger partial charge is 0.484 e. The maximum Gasteiger partial charge on any atom is 0.260 e. The van der Waals surface area contributed by atoms with Crippen LogP contribution in [0.15, 0.2) is 53.1 Å². The highest BCUT2D eigenvalue weighted by atomic mass is 35.5. The first-order chi connectivity index (χ1) is 12.5. The maximum absolute atomic E-state index is 12.8. The van der Waals surface area contributed by atoms with Crippen molar-refractivity contribution in [3.63, 3.8) is 0 Å². The third-order valence-corrected chi connectivity index (χ3v) is 3.80. The van der Waals surface area contributed by atoms with E-state index < -0.39 is 0 Å². The van der Waals surface area contributed by atoms with Crippen molar-refractivity contribution in [1.82, 2.24) is 15.0 Å². The van der Waals surface area contributed by atoms with Gasteiger partial charge in [0.15, 0.2) is 6.61 Å². The molecule has 3 aromatic rings. The Bertz CT molecular complexity index is 881. The van der Waals surface area contributed by atoms with Crippen LogP contribution in [-0.2, 0) is 11.3 Å². The van der Waals surface area contributed by atoms with Crippen LogP contribution < -0.4 is 4.74 Å². The average molecular weight is 376 g/mol. The van der Waals surface area contributed by atoms with Gasteiger partial charge in [-0.15, -0.1) is 0 Å². The van der Waals surface area contributed by atoms with Crippen molar-refractivity contribution in [2.75, 3.05) is 13.7 Å². The summed E-state index contributed by atoms with van der Waals surface area (Å²) >= 11 is 5.85. The highest BCUT2D eigenvalue weighted by molar-refractivity contribution is 6.30. The van der Waals surface area contributed by atoms with Crippen LogP contribution in [-0.4, -0.2) is 34.6 Å². The van der Waals surface area contributed by atoms with Gasteiger partial charge < -0.3 is 14.2 Å². The fraction of sp³-hybridized carbons (Fsp3) is 0.167. The van der Waals surface area contributed by atoms with E-state index in [1.165, 1.54) is 29.2 Å². The van der Waals surface area contributed by atoms with E-state index in [4.69, 9.17) is 20.9 Å². The molecule has 0 atom stereocenters. The fourth-order valence-electron chi connectivity index (χ4n) is 2.11. The van der Waals surface area contributed by atoms with Crippen LogP contribution in [0.1, 0.15) is 5.89 Å². The molecule has 1 heterocycles. The molecule has 0 saturated heterocycles. The smallest absolute Gasteiger partial charge is 0.260 e. The molecular formula is C18H15ClFN3O3. The van der Waals surface area contributed by atoms with Gasteiger partial charge in [0.05, 0.1) is 6.54 Å². The minimum Gasteiger partial charge on any atom is -0.484 e. The van der Waals surface area contributed by atoms with Crippen molar-refractivity contribution in [2.24, 2.45) is 0 Å². The van der Waals surface area contributed by atoms with E-state index in [0.29, 0.717) is 22.5 Å². The number of hydrogen-bond donors (Lipinski definition) is 0. The Labute approximate surface area is 154 Å². The standard InChI is InChI=1S/C18H15ClFN3O3/c1-23(17(24)11-25-15-8-6-14(20)7-9-15)10-16-21-18(22-26-16)12-2-4-13(19)5-3-12/h2-9H,10-11H2,1H3. The van der Waals surface area contributed by atoms with Crippen molar-refractivity contribution < 1.29 is 18.4 Å². The van der Waals surface area contributed by atoms with E-state index in [2.05, 4.69) is 10.1 Å². The quantitative estimate of drug-likeness (QED) is 0.658. The van der Waals surface area contributed by atoms with Gasteiger partial charge in [-0.05, 0) is 48.5 Å². The average Bonchev–Trinajstić information content (AvgIpc) is 3.10. The summed E-state index contributed by atoms with van der Waals surface area (Å²) in [5.74, 6) is 0.484. The molecule has 2 aromatic carbocycles. The highest BCUT2D eigenvalue weighted by Crippen LogP contribution is 2.19. The lowest BCUT2D eigenvalue weighted by atomic mass is 10.2. The molecule has 0 fully saturated rings. The van der Waals surface area contributed by atoms with Crippen LogP contribution in [0, 0.1) is 5.82 Å². The van der Waals surface area contributed by atoms with E-state index >= 15 is 0 Å². The predicted molar refractivity (Wildman–Crippen MR) is 93.1 cm³/mol. The number of halogens is 2. The molecule has 3 rings (SSSR count). The number of rotatable bonds is 6. The van der Waals surface area contributed by atoms with Gasteiger partial charge in [0, 0.05) is 17.6 Å². The Kier molecular flexibility index (Phi) is 5.48. The highest BCUT2D eigenvalue weighted by Gasteiger charge is 2.15. The van der Waals surface area contributed by atoms with Crippen LogP contribution in [0.4, 0.5) is 4.39 Å². The molecule has 0 aliphatic rings. The molecule has 0 bridgehead atoms. The van der Waals surface area contributed by atoms with Crippen molar-refractivity contribution in [3.05, 3.63) is 65.3 Å². The van der Waals surface area contributed by atoms with Crippen LogP contribution in [0.5, 0.6) is 5.75 Å². The molecular weight excluding hydrogens is 361 g/mol. The molecule has 0 N–H and O–H groups in total. The van der Waals surface area contributed by atoms with E-state index in [-0.39, 0.29) is 24.9 Å². The number of amides is 1. The van der Waals surface area contributed by atoms with E-state index in [9.17, 15) is 9.18 Å². The first-order valence-electron chi connectivity index (χ1n) is 7.72. The monoisotopic (exact) mass is 375 g/mol. The lowest BCUT2D eigenvalue weighted by Crippen LogP contribution is -2.31. The Morgan fingerprint density at radius 1 is 1.19 bits per heavy atom. The Morgan fingerprint density at radius 3 is 2.58 bits per heavy atom. The summed E-state index contributed by atoms with van der Waals surface area (Å²) in [7, 11) is 1.60. The molecule has 0 aliphatic heterocycles. The van der Waals surface area contributed by atoms with Crippen molar-refractivity contribution in [3.8, 4) is 17.1 Å². The van der Waals surface area contributed by atoms with Gasteiger partial charge in [-0.1, -0.05) is 16.8 Å². The first kappa shape index (κ1) is 17.9. The minimum absolute atomic E-state index is 0.145. The van der Waals surface area contributed by atoms with Gasteiger partial charge in [-0.3, -0.25) is 4.79 Å². The minimum atomic E-state index is -0.367. The summed E-state index contributed by atoms with van der Waals surface area (Å²) in [6.45, 7) is -0.0352. The van der Waals surface area contributed by atoms with Crippen molar-refractivity contribution >= 4 is 17.5 Å². The number of benzene rings is 2. The van der Waals surface area contributed by atoms with Gasteiger partial charge in [0.2, 0.25) is 11.7 Å². The number of aromatic nitrogens is 2. The van der Waals surface area contributed by atoms with Gasteiger partial charge in [0.25, 0.3) is 5.91 Å². The zero-order valence-electron chi connectivity index (χ0n) is 13.9. The maximum atomic E-state index is 12.8. The summed E-state index contributed by atoms with van der Waals surface area (Å²) in [6.07, 6.45) is 0. The van der Waals surface area contributed by atoms with E-state index in [0.717, 1.165) is 5.56 Å². The first-order valence-corrected chi connectivity index (χ1v) is 8.10. The molecule has 1 amide bonds. The van der Waals surface area contributed by atoms with Gasteiger partial charge in [0.1, 0.15) is 11.6 Å². The lowest BCUT2D eigenvalue weighted by molar-refractivity contribution is -0.132. The van der Waals surface area contributed by atoms with E-state index in [1.807, 2.05) is 0 Å². The van der Waals surface area contributed by atoms with Crippen LogP contribution in [0.2, 0.25) is 5.02 Å². The summed E-state index contributed by atoms with van der Waals surface area (Å²) < 4.78 is 23.3. The van der Waals surface area contributed by atoms with E-state index in [1.54, 1.807) is 31.3 Å². The van der Waals surface area contributed by atoms with Crippen molar-refractivity contribution in [2.45, 2.75) is 6.54 Å². The second kappa shape index (κ2) is 7.97. The second-order valence-electron chi connectivity index (χ2n) is 5.51. The zero-order chi connectivity index (χ0) is 18.5. The molecule has 0 unspecified atom stereocenters. The molecule has 1 aromatic heterocycles. The Morgan fingerprint density at radius 2 is 1.88 bits per heavy atom. The molecule has 134 valence electrons. The Balaban J connectivity index is 1.55. The van der Waals surface area contributed by atoms with Crippen LogP contribution >= 0.6 is 11.6 Å². The Hall–Kier alpha value is -2.93.